The highest BCUT2D eigenvalue weighted by Crippen LogP contribution is 2.43. The Labute approximate surface area is 141 Å². The van der Waals surface area contributed by atoms with Crippen molar-refractivity contribution < 1.29 is 9.59 Å². The first-order valence-electron chi connectivity index (χ1n) is 8.28. The highest BCUT2D eigenvalue weighted by atomic mass is 16.2. The van der Waals surface area contributed by atoms with Crippen LogP contribution in [-0.2, 0) is 11.2 Å². The van der Waals surface area contributed by atoms with Crippen molar-refractivity contribution in [3.8, 4) is 0 Å². The largest absolute Gasteiger partial charge is 0.337 e. The number of hydrogen-bond acceptors (Lipinski definition) is 2. The van der Waals surface area contributed by atoms with Gasteiger partial charge in [-0.15, -0.1) is 0 Å². The van der Waals surface area contributed by atoms with E-state index in [0.29, 0.717) is 19.6 Å². The second-order valence-corrected chi connectivity index (χ2v) is 6.94. The molecule has 4 heteroatoms. The number of benzene rings is 2. The molecule has 0 unspecified atom stereocenters. The molecule has 1 saturated heterocycles. The number of rotatable bonds is 1. The Balaban J connectivity index is 1.55. The lowest BCUT2D eigenvalue weighted by Gasteiger charge is -2.54. The summed E-state index contributed by atoms with van der Waals surface area (Å²) in [6.45, 7) is 3.72. The summed E-state index contributed by atoms with van der Waals surface area (Å²) < 4.78 is 0. The molecular weight excluding hydrogens is 300 g/mol. The summed E-state index contributed by atoms with van der Waals surface area (Å²) in [5, 5.41) is 0. The maximum Gasteiger partial charge on any atom is 0.253 e. The van der Waals surface area contributed by atoms with Crippen LogP contribution in [0.3, 0.4) is 0 Å². The zero-order chi connectivity index (χ0) is 16.7. The Hall–Kier alpha value is -2.62. The van der Waals surface area contributed by atoms with Crippen LogP contribution in [0.25, 0.3) is 0 Å². The van der Waals surface area contributed by atoms with Gasteiger partial charge in [0.15, 0.2) is 0 Å². The average Bonchev–Trinajstić information content (AvgIpc) is 2.58. The van der Waals surface area contributed by atoms with Gasteiger partial charge in [0.25, 0.3) is 5.91 Å². The van der Waals surface area contributed by atoms with E-state index in [0.717, 1.165) is 17.7 Å². The molecule has 2 aromatic carbocycles. The van der Waals surface area contributed by atoms with Gasteiger partial charge in [0.1, 0.15) is 0 Å². The highest BCUT2D eigenvalue weighted by Gasteiger charge is 2.49. The van der Waals surface area contributed by atoms with E-state index < -0.39 is 0 Å². The number of fused-ring (bicyclic) bond motifs is 1. The first-order valence-corrected chi connectivity index (χ1v) is 8.28. The van der Waals surface area contributed by atoms with Crippen LogP contribution < -0.4 is 4.90 Å². The number of nitrogens with zero attached hydrogens (tertiary/aromatic N) is 2. The van der Waals surface area contributed by atoms with Gasteiger partial charge in [-0.1, -0.05) is 36.4 Å². The molecule has 0 aromatic heterocycles. The summed E-state index contributed by atoms with van der Waals surface area (Å²) in [6, 6.07) is 17.5. The summed E-state index contributed by atoms with van der Waals surface area (Å²) in [4.78, 5) is 28.4. The maximum atomic E-state index is 12.6. The van der Waals surface area contributed by atoms with E-state index in [2.05, 4.69) is 6.07 Å². The molecule has 122 valence electrons. The molecule has 2 heterocycles. The van der Waals surface area contributed by atoms with E-state index in [4.69, 9.17) is 0 Å². The fraction of sp³-hybridized carbons (Fsp3) is 0.300. The molecule has 0 bridgehead atoms. The molecule has 0 radical (unpaired) electrons. The summed E-state index contributed by atoms with van der Waals surface area (Å²) >= 11 is 0. The number of hydrogen-bond donors (Lipinski definition) is 0. The average molecular weight is 320 g/mol. The summed E-state index contributed by atoms with van der Waals surface area (Å²) in [7, 11) is 0. The second-order valence-electron chi connectivity index (χ2n) is 6.94. The van der Waals surface area contributed by atoms with Gasteiger partial charge in [-0.05, 0) is 30.2 Å². The molecule has 0 N–H and O–H groups in total. The topological polar surface area (TPSA) is 40.6 Å². The normalized spacial score (nSPS) is 18.0. The first-order chi connectivity index (χ1) is 11.6. The molecule has 1 fully saturated rings. The molecule has 2 aliphatic rings. The van der Waals surface area contributed by atoms with E-state index in [9.17, 15) is 9.59 Å². The lowest BCUT2D eigenvalue weighted by Crippen LogP contribution is -2.65. The quantitative estimate of drug-likeness (QED) is 0.810. The molecule has 24 heavy (non-hydrogen) atoms. The van der Waals surface area contributed by atoms with Gasteiger partial charge in [0.05, 0.1) is 0 Å². The van der Waals surface area contributed by atoms with Crippen LogP contribution >= 0.6 is 0 Å². The molecule has 2 aliphatic heterocycles. The fourth-order valence-corrected chi connectivity index (χ4v) is 3.97. The maximum absolute atomic E-state index is 12.6. The third kappa shape index (κ3) is 2.39. The fourth-order valence-electron chi connectivity index (χ4n) is 3.97. The Morgan fingerprint density at radius 3 is 2.29 bits per heavy atom. The van der Waals surface area contributed by atoms with Crippen molar-refractivity contribution >= 4 is 17.5 Å². The predicted molar refractivity (Wildman–Crippen MR) is 93.0 cm³/mol. The molecule has 0 aliphatic carbocycles. The molecule has 0 atom stereocenters. The highest BCUT2D eigenvalue weighted by molar-refractivity contribution is 5.95. The van der Waals surface area contributed by atoms with Crippen molar-refractivity contribution in [2.45, 2.75) is 13.3 Å². The van der Waals surface area contributed by atoms with Gasteiger partial charge in [-0.2, -0.15) is 0 Å². The van der Waals surface area contributed by atoms with Crippen LogP contribution in [0, 0.1) is 5.41 Å². The SMILES string of the molecule is CC(=O)N1CC2(Cc3ccccc31)CN(C(=O)c1ccccc1)C2. The van der Waals surface area contributed by atoms with Gasteiger partial charge in [0.2, 0.25) is 5.91 Å². The molecule has 0 saturated carbocycles. The van der Waals surface area contributed by atoms with E-state index in [1.165, 1.54) is 5.56 Å². The van der Waals surface area contributed by atoms with Crippen molar-refractivity contribution in [2.24, 2.45) is 5.41 Å². The third-order valence-corrected chi connectivity index (χ3v) is 5.08. The van der Waals surface area contributed by atoms with Gasteiger partial charge in [-0.3, -0.25) is 9.59 Å². The number of para-hydroxylation sites is 1. The van der Waals surface area contributed by atoms with Crippen molar-refractivity contribution in [3.63, 3.8) is 0 Å². The monoisotopic (exact) mass is 320 g/mol. The van der Waals surface area contributed by atoms with Crippen molar-refractivity contribution in [1.82, 2.24) is 4.90 Å². The van der Waals surface area contributed by atoms with E-state index in [1.54, 1.807) is 6.92 Å². The molecule has 1 spiro atoms. The van der Waals surface area contributed by atoms with Crippen LogP contribution in [0.2, 0.25) is 0 Å². The Morgan fingerprint density at radius 1 is 0.917 bits per heavy atom. The van der Waals surface area contributed by atoms with Crippen LogP contribution in [0.1, 0.15) is 22.8 Å². The minimum absolute atomic E-state index is 0.00946. The zero-order valence-electron chi connectivity index (χ0n) is 13.7. The molecule has 4 rings (SSSR count). The summed E-state index contributed by atoms with van der Waals surface area (Å²) in [5.41, 5.74) is 2.94. The van der Waals surface area contributed by atoms with Crippen LogP contribution in [0.4, 0.5) is 5.69 Å². The Kier molecular flexibility index (Phi) is 3.41. The van der Waals surface area contributed by atoms with Crippen molar-refractivity contribution in [1.29, 1.82) is 0 Å². The van der Waals surface area contributed by atoms with Crippen LogP contribution in [0.15, 0.2) is 54.6 Å². The number of likely N-dealkylation sites (tertiary alicyclic amines) is 1. The van der Waals surface area contributed by atoms with Crippen molar-refractivity contribution in [3.05, 3.63) is 65.7 Å². The van der Waals surface area contributed by atoms with Gasteiger partial charge < -0.3 is 9.80 Å². The smallest absolute Gasteiger partial charge is 0.253 e. The number of anilines is 1. The van der Waals surface area contributed by atoms with Gasteiger partial charge in [-0.25, -0.2) is 0 Å². The van der Waals surface area contributed by atoms with Crippen LogP contribution in [0.5, 0.6) is 0 Å². The minimum Gasteiger partial charge on any atom is -0.337 e. The Bertz CT molecular complexity index is 794. The van der Waals surface area contributed by atoms with Gasteiger partial charge in [0, 0.05) is 43.2 Å². The zero-order valence-corrected chi connectivity index (χ0v) is 13.7. The first kappa shape index (κ1) is 14.9. The van der Waals surface area contributed by atoms with E-state index >= 15 is 0 Å². The summed E-state index contributed by atoms with van der Waals surface area (Å²) in [6.07, 6.45) is 0.922. The molecule has 2 amide bonds. The number of amides is 2. The predicted octanol–water partition coefficient (Wildman–Crippen LogP) is 2.74. The Morgan fingerprint density at radius 2 is 1.58 bits per heavy atom. The molecule has 2 aromatic rings. The second kappa shape index (κ2) is 5.48. The minimum atomic E-state index is -0.00946. The molecular formula is C20H20N2O2. The number of carbonyl (C=O) groups is 2. The lowest BCUT2D eigenvalue weighted by atomic mass is 9.71. The van der Waals surface area contributed by atoms with Crippen molar-refractivity contribution in [2.75, 3.05) is 24.5 Å². The third-order valence-electron chi connectivity index (χ3n) is 5.08. The van der Waals surface area contributed by atoms with Gasteiger partial charge >= 0.3 is 0 Å². The number of carbonyl (C=O) groups excluding carboxylic acids is 2. The lowest BCUT2D eigenvalue weighted by molar-refractivity contribution is -0.117. The molecule has 4 nitrogen and oxygen atoms in total. The van der Waals surface area contributed by atoms with E-state index in [1.807, 2.05) is 58.3 Å². The van der Waals surface area contributed by atoms with E-state index in [-0.39, 0.29) is 17.2 Å². The standard InChI is InChI=1S/C20H20N2O2/c1-15(23)22-14-20(11-17-9-5-6-10-18(17)22)12-21(13-20)19(24)16-7-3-2-4-8-16/h2-10H,11-14H2,1H3. The summed E-state index contributed by atoms with van der Waals surface area (Å²) in [5.74, 6) is 0.142. The van der Waals surface area contributed by atoms with Crippen LogP contribution in [-0.4, -0.2) is 36.3 Å².